The standard InChI is InChI=1S/C30H33NO6S/c1-19-14-24(36-11-3-13-38(2,34)35)16-22-10-12-37-28-9-4-20(15-27(28)29(19)22)18-31-23-7-5-21(6-8-23)25-17-26(25)30(32)33/h4-9,14-16,25-26,31H,3,10-13,17-18H2,1-2H3,(H,32,33). The molecule has 2 unspecified atom stereocenters. The minimum Gasteiger partial charge on any atom is -0.494 e. The first kappa shape index (κ1) is 26.1. The predicted molar refractivity (Wildman–Crippen MR) is 148 cm³/mol. The Kier molecular flexibility index (Phi) is 7.34. The molecule has 8 heteroatoms. The summed E-state index contributed by atoms with van der Waals surface area (Å²) >= 11 is 0. The molecule has 3 aromatic carbocycles. The number of nitrogens with one attached hydrogen (secondary N) is 1. The number of carboxylic acid groups (broad SMARTS) is 1. The summed E-state index contributed by atoms with van der Waals surface area (Å²) in [7, 11) is -3.00. The van der Waals surface area contributed by atoms with E-state index in [1.165, 1.54) is 6.26 Å². The zero-order valence-electron chi connectivity index (χ0n) is 21.7. The molecule has 0 aromatic heterocycles. The monoisotopic (exact) mass is 535 g/mol. The maximum Gasteiger partial charge on any atom is 0.307 e. The highest BCUT2D eigenvalue weighted by atomic mass is 32.2. The molecule has 0 saturated heterocycles. The fourth-order valence-electron chi connectivity index (χ4n) is 5.17. The number of anilines is 1. The van der Waals surface area contributed by atoms with Gasteiger partial charge in [0.2, 0.25) is 0 Å². The number of rotatable bonds is 10. The van der Waals surface area contributed by atoms with Gasteiger partial charge < -0.3 is 19.9 Å². The van der Waals surface area contributed by atoms with Gasteiger partial charge in [-0.15, -0.1) is 0 Å². The van der Waals surface area contributed by atoms with Gasteiger partial charge in [0.1, 0.15) is 21.3 Å². The Morgan fingerprint density at radius 1 is 1.13 bits per heavy atom. The molecule has 38 heavy (non-hydrogen) atoms. The highest BCUT2D eigenvalue weighted by Gasteiger charge is 2.44. The van der Waals surface area contributed by atoms with Crippen LogP contribution in [0.15, 0.2) is 54.6 Å². The van der Waals surface area contributed by atoms with Crippen LogP contribution in [0.5, 0.6) is 11.5 Å². The highest BCUT2D eigenvalue weighted by Crippen LogP contribution is 2.47. The summed E-state index contributed by atoms with van der Waals surface area (Å²) in [6.45, 7) is 3.64. The van der Waals surface area contributed by atoms with Crippen LogP contribution in [0.3, 0.4) is 0 Å². The van der Waals surface area contributed by atoms with Crippen LogP contribution >= 0.6 is 0 Å². The van der Waals surface area contributed by atoms with Crippen LogP contribution in [0.25, 0.3) is 11.1 Å². The fraction of sp³-hybridized carbons (Fsp3) is 0.367. The SMILES string of the molecule is Cc1cc(OCCCS(C)(=O)=O)cc2c1-c1cc(CNc3ccc(C4CC4C(=O)O)cc3)ccc1OCC2. The number of fused-ring (bicyclic) bond motifs is 3. The Hall–Kier alpha value is -3.52. The van der Waals surface area contributed by atoms with Crippen molar-refractivity contribution in [2.45, 2.75) is 38.6 Å². The van der Waals surface area contributed by atoms with Gasteiger partial charge in [-0.3, -0.25) is 4.79 Å². The Morgan fingerprint density at radius 3 is 2.63 bits per heavy atom. The van der Waals surface area contributed by atoms with Crippen molar-refractivity contribution in [1.29, 1.82) is 0 Å². The van der Waals surface area contributed by atoms with Crippen LogP contribution in [0.4, 0.5) is 5.69 Å². The van der Waals surface area contributed by atoms with Gasteiger partial charge in [-0.05, 0) is 89.9 Å². The van der Waals surface area contributed by atoms with Gasteiger partial charge >= 0.3 is 5.97 Å². The third-order valence-electron chi connectivity index (χ3n) is 7.20. The zero-order valence-corrected chi connectivity index (χ0v) is 22.5. The first-order valence-electron chi connectivity index (χ1n) is 12.9. The van der Waals surface area contributed by atoms with Crippen molar-refractivity contribution in [2.24, 2.45) is 5.92 Å². The molecular formula is C30H33NO6S. The Labute approximate surface area is 223 Å². The number of benzene rings is 3. The molecule has 200 valence electrons. The number of hydrogen-bond donors (Lipinski definition) is 2. The molecule has 1 fully saturated rings. The van der Waals surface area contributed by atoms with Crippen molar-refractivity contribution in [3.05, 3.63) is 76.9 Å². The highest BCUT2D eigenvalue weighted by molar-refractivity contribution is 7.90. The number of sulfone groups is 1. The lowest BCUT2D eigenvalue weighted by Gasteiger charge is -2.16. The Morgan fingerprint density at radius 2 is 1.92 bits per heavy atom. The van der Waals surface area contributed by atoms with E-state index in [9.17, 15) is 13.2 Å². The van der Waals surface area contributed by atoms with Crippen molar-refractivity contribution in [3.8, 4) is 22.6 Å². The molecule has 0 spiro atoms. The van der Waals surface area contributed by atoms with E-state index in [4.69, 9.17) is 14.6 Å². The number of ether oxygens (including phenoxy) is 2. The van der Waals surface area contributed by atoms with Crippen LogP contribution in [0.2, 0.25) is 0 Å². The topological polar surface area (TPSA) is 102 Å². The molecule has 2 N–H and O–H groups in total. The molecule has 2 atom stereocenters. The van der Waals surface area contributed by atoms with E-state index in [2.05, 4.69) is 24.4 Å². The lowest BCUT2D eigenvalue weighted by molar-refractivity contribution is -0.138. The molecule has 0 bridgehead atoms. The van der Waals surface area contributed by atoms with Crippen molar-refractivity contribution in [2.75, 3.05) is 30.5 Å². The smallest absolute Gasteiger partial charge is 0.307 e. The van der Waals surface area contributed by atoms with Crippen LogP contribution in [-0.2, 0) is 27.6 Å². The second-order valence-electron chi connectivity index (χ2n) is 10.3. The van der Waals surface area contributed by atoms with Crippen LogP contribution in [-0.4, -0.2) is 44.7 Å². The zero-order chi connectivity index (χ0) is 26.9. The summed E-state index contributed by atoms with van der Waals surface area (Å²) in [6, 6.07) is 18.4. The van der Waals surface area contributed by atoms with Gasteiger partial charge in [-0.25, -0.2) is 8.42 Å². The molecule has 0 amide bonds. The molecule has 1 aliphatic heterocycles. The Balaban J connectivity index is 1.28. The maximum atomic E-state index is 11.4. The van der Waals surface area contributed by atoms with Crippen molar-refractivity contribution in [1.82, 2.24) is 0 Å². The van der Waals surface area contributed by atoms with E-state index in [1.807, 2.05) is 42.5 Å². The van der Waals surface area contributed by atoms with Gasteiger partial charge in [0.05, 0.1) is 24.9 Å². The molecule has 1 aliphatic carbocycles. The van der Waals surface area contributed by atoms with Gasteiger partial charge in [-0.1, -0.05) is 18.2 Å². The molecule has 1 heterocycles. The second-order valence-corrected chi connectivity index (χ2v) is 12.6. The largest absolute Gasteiger partial charge is 0.494 e. The second kappa shape index (κ2) is 10.7. The van der Waals surface area contributed by atoms with Crippen molar-refractivity contribution < 1.29 is 27.8 Å². The average molecular weight is 536 g/mol. The molecule has 1 saturated carbocycles. The predicted octanol–water partition coefficient (Wildman–Crippen LogP) is 5.21. The minimum atomic E-state index is -3.00. The number of carbonyl (C=O) groups is 1. The van der Waals surface area contributed by atoms with Gasteiger partial charge in [-0.2, -0.15) is 0 Å². The Bertz CT molecular complexity index is 1450. The van der Waals surface area contributed by atoms with E-state index >= 15 is 0 Å². The molecular weight excluding hydrogens is 502 g/mol. The van der Waals surface area contributed by atoms with E-state index in [1.54, 1.807) is 0 Å². The van der Waals surface area contributed by atoms with Gasteiger partial charge in [0, 0.05) is 30.5 Å². The number of aryl methyl sites for hydroxylation is 1. The van der Waals surface area contributed by atoms with Crippen LogP contribution in [0.1, 0.15) is 41.0 Å². The fourth-order valence-corrected chi connectivity index (χ4v) is 5.81. The third kappa shape index (κ3) is 6.13. The van der Waals surface area contributed by atoms with Gasteiger partial charge in [0.15, 0.2) is 0 Å². The van der Waals surface area contributed by atoms with Crippen LogP contribution < -0.4 is 14.8 Å². The van der Waals surface area contributed by atoms with Crippen molar-refractivity contribution in [3.63, 3.8) is 0 Å². The molecule has 3 aromatic rings. The maximum absolute atomic E-state index is 11.4. The van der Waals surface area contributed by atoms with Gasteiger partial charge in [0.25, 0.3) is 0 Å². The molecule has 2 aliphatic rings. The molecule has 7 nitrogen and oxygen atoms in total. The van der Waals surface area contributed by atoms with E-state index in [0.29, 0.717) is 26.2 Å². The summed E-state index contributed by atoms with van der Waals surface area (Å²) in [5, 5.41) is 12.6. The van der Waals surface area contributed by atoms with E-state index in [0.717, 1.165) is 63.4 Å². The summed E-state index contributed by atoms with van der Waals surface area (Å²) in [5.74, 6) is 0.900. The lowest BCUT2D eigenvalue weighted by Crippen LogP contribution is -2.08. The quantitative estimate of drug-likeness (QED) is 0.344. The summed E-state index contributed by atoms with van der Waals surface area (Å²) < 4.78 is 34.7. The summed E-state index contributed by atoms with van der Waals surface area (Å²) in [4.78, 5) is 11.1. The number of aliphatic carboxylic acids is 1. The van der Waals surface area contributed by atoms with E-state index < -0.39 is 15.8 Å². The minimum absolute atomic E-state index is 0.116. The third-order valence-corrected chi connectivity index (χ3v) is 8.23. The number of hydrogen-bond acceptors (Lipinski definition) is 6. The first-order chi connectivity index (χ1) is 18.2. The van der Waals surface area contributed by atoms with Crippen LogP contribution in [0, 0.1) is 12.8 Å². The van der Waals surface area contributed by atoms with E-state index in [-0.39, 0.29) is 17.6 Å². The number of carboxylic acids is 1. The molecule has 5 rings (SSSR count). The first-order valence-corrected chi connectivity index (χ1v) is 15.0. The summed E-state index contributed by atoms with van der Waals surface area (Å²) in [5.41, 5.74) is 7.65. The van der Waals surface area contributed by atoms with Crippen molar-refractivity contribution >= 4 is 21.5 Å². The molecule has 0 radical (unpaired) electrons. The lowest BCUT2D eigenvalue weighted by atomic mass is 9.92. The average Bonchev–Trinajstić information content (AvgIpc) is 3.69. The summed E-state index contributed by atoms with van der Waals surface area (Å²) in [6.07, 6.45) is 3.18. The normalized spacial score (nSPS) is 17.9.